The highest BCUT2D eigenvalue weighted by atomic mass is 32.2. The first-order valence-corrected chi connectivity index (χ1v) is 9.25. The van der Waals surface area contributed by atoms with E-state index in [1.165, 1.54) is 11.8 Å². The van der Waals surface area contributed by atoms with Crippen LogP contribution in [0.25, 0.3) is 11.5 Å². The van der Waals surface area contributed by atoms with Gasteiger partial charge < -0.3 is 19.2 Å². The molecule has 7 nitrogen and oxygen atoms in total. The van der Waals surface area contributed by atoms with Crippen LogP contribution < -0.4 is 14.8 Å². The van der Waals surface area contributed by atoms with Gasteiger partial charge in [-0.2, -0.15) is 0 Å². The summed E-state index contributed by atoms with van der Waals surface area (Å²) in [5.74, 6) is 1.56. The summed E-state index contributed by atoms with van der Waals surface area (Å²) in [6.07, 6.45) is 0. The number of fused-ring (bicyclic) bond motifs is 1. The Bertz CT molecular complexity index is 989. The minimum absolute atomic E-state index is 0.172. The third-order valence-corrected chi connectivity index (χ3v) is 5.00. The monoisotopic (exact) mass is 383 g/mol. The highest BCUT2D eigenvalue weighted by Crippen LogP contribution is 2.34. The topological polar surface area (TPSA) is 86.5 Å². The van der Waals surface area contributed by atoms with Crippen molar-refractivity contribution in [2.45, 2.75) is 24.3 Å². The molecule has 1 atom stereocenters. The summed E-state index contributed by atoms with van der Waals surface area (Å²) in [5, 5.41) is 10.9. The summed E-state index contributed by atoms with van der Waals surface area (Å²) >= 11 is 1.21. The first-order valence-electron chi connectivity index (χ1n) is 8.37. The lowest BCUT2D eigenvalue weighted by Crippen LogP contribution is -2.22. The number of carbonyl (C=O) groups excluding carboxylic acids is 1. The van der Waals surface area contributed by atoms with E-state index in [0.717, 1.165) is 11.1 Å². The number of thioether (sulfide) groups is 1. The van der Waals surface area contributed by atoms with Crippen molar-refractivity contribution >= 4 is 23.4 Å². The van der Waals surface area contributed by atoms with Gasteiger partial charge in [0.1, 0.15) is 0 Å². The fourth-order valence-electron chi connectivity index (χ4n) is 2.60. The Labute approximate surface area is 160 Å². The molecule has 0 fully saturated rings. The van der Waals surface area contributed by atoms with Crippen molar-refractivity contribution in [3.8, 4) is 23.0 Å². The second-order valence-corrected chi connectivity index (χ2v) is 7.30. The van der Waals surface area contributed by atoms with Gasteiger partial charge in [0.25, 0.3) is 5.22 Å². The fraction of sp³-hybridized carbons (Fsp3) is 0.211. The Balaban J connectivity index is 1.41. The molecular formula is C19H17N3O4S. The first kappa shape index (κ1) is 17.4. The summed E-state index contributed by atoms with van der Waals surface area (Å²) in [6.45, 7) is 3.96. The molecule has 8 heteroatoms. The molecule has 4 rings (SSSR count). The van der Waals surface area contributed by atoms with Crippen LogP contribution in [0, 0.1) is 6.92 Å². The number of benzene rings is 2. The van der Waals surface area contributed by atoms with Crippen LogP contribution in [0.2, 0.25) is 0 Å². The maximum Gasteiger partial charge on any atom is 0.277 e. The van der Waals surface area contributed by atoms with E-state index in [0.29, 0.717) is 28.3 Å². The smallest absolute Gasteiger partial charge is 0.277 e. The van der Waals surface area contributed by atoms with Gasteiger partial charge in [0, 0.05) is 17.3 Å². The molecule has 27 heavy (non-hydrogen) atoms. The molecule has 0 aliphatic carbocycles. The van der Waals surface area contributed by atoms with E-state index in [4.69, 9.17) is 13.9 Å². The van der Waals surface area contributed by atoms with Gasteiger partial charge in [0.05, 0.1) is 5.25 Å². The Hall–Kier alpha value is -3.00. The van der Waals surface area contributed by atoms with Gasteiger partial charge in [0.2, 0.25) is 18.6 Å². The summed E-state index contributed by atoms with van der Waals surface area (Å²) in [4.78, 5) is 12.5. The third kappa shape index (κ3) is 3.75. The average molecular weight is 383 g/mol. The predicted octanol–water partition coefficient (Wildman–Crippen LogP) is 3.89. The molecule has 1 aliphatic rings. The largest absolute Gasteiger partial charge is 0.454 e. The molecule has 1 amide bonds. The number of aromatic nitrogens is 2. The minimum atomic E-state index is -0.416. The van der Waals surface area contributed by atoms with Crippen molar-refractivity contribution in [1.29, 1.82) is 0 Å². The van der Waals surface area contributed by atoms with Gasteiger partial charge in [-0.15, -0.1) is 10.2 Å². The van der Waals surface area contributed by atoms with Crippen LogP contribution in [0.5, 0.6) is 11.5 Å². The molecule has 0 saturated heterocycles. The minimum Gasteiger partial charge on any atom is -0.454 e. The second-order valence-electron chi connectivity index (χ2n) is 6.01. The standard InChI is InChI=1S/C19H17N3O4S/c1-11-5-3-4-6-14(11)18-21-22-19(26-18)27-12(2)17(23)20-13-7-8-15-16(9-13)25-10-24-15/h3-9,12H,10H2,1-2H3,(H,20,23)/t12-/m1/s1. The number of hydrogen-bond donors (Lipinski definition) is 1. The predicted molar refractivity (Wildman–Crippen MR) is 101 cm³/mol. The van der Waals surface area contributed by atoms with Crippen molar-refractivity contribution in [3.05, 3.63) is 48.0 Å². The molecule has 2 aromatic carbocycles. The lowest BCUT2D eigenvalue weighted by atomic mass is 10.1. The lowest BCUT2D eigenvalue weighted by Gasteiger charge is -2.10. The summed E-state index contributed by atoms with van der Waals surface area (Å²) in [6, 6.07) is 13.0. The average Bonchev–Trinajstić information content (AvgIpc) is 3.31. The van der Waals surface area contributed by atoms with Crippen LogP contribution >= 0.6 is 11.8 Å². The van der Waals surface area contributed by atoms with Gasteiger partial charge in [-0.25, -0.2) is 0 Å². The fourth-order valence-corrected chi connectivity index (χ4v) is 3.29. The van der Waals surface area contributed by atoms with Crippen LogP contribution in [0.1, 0.15) is 12.5 Å². The normalized spacial score (nSPS) is 13.4. The zero-order valence-electron chi connectivity index (χ0n) is 14.8. The summed E-state index contributed by atoms with van der Waals surface area (Å²) in [7, 11) is 0. The molecule has 3 aromatic rings. The number of aryl methyl sites for hydroxylation is 1. The summed E-state index contributed by atoms with van der Waals surface area (Å²) < 4.78 is 16.3. The number of ether oxygens (including phenoxy) is 2. The maximum absolute atomic E-state index is 12.5. The van der Waals surface area contributed by atoms with Gasteiger partial charge in [0.15, 0.2) is 11.5 Å². The lowest BCUT2D eigenvalue weighted by molar-refractivity contribution is -0.115. The Kier molecular flexibility index (Phi) is 4.72. The molecule has 1 aromatic heterocycles. The van der Waals surface area contributed by atoms with Crippen molar-refractivity contribution in [1.82, 2.24) is 10.2 Å². The number of carbonyl (C=O) groups is 1. The van der Waals surface area contributed by atoms with Crippen molar-refractivity contribution in [2.24, 2.45) is 0 Å². The van der Waals surface area contributed by atoms with Crippen LogP contribution in [0.3, 0.4) is 0 Å². The Morgan fingerprint density at radius 1 is 1.15 bits per heavy atom. The molecular weight excluding hydrogens is 366 g/mol. The van der Waals surface area contributed by atoms with Gasteiger partial charge in [-0.05, 0) is 37.6 Å². The number of nitrogens with zero attached hydrogens (tertiary/aromatic N) is 2. The van der Waals surface area contributed by atoms with Crippen molar-refractivity contribution in [3.63, 3.8) is 0 Å². The molecule has 138 valence electrons. The van der Waals surface area contributed by atoms with E-state index < -0.39 is 5.25 Å². The van der Waals surface area contributed by atoms with Gasteiger partial charge in [-0.1, -0.05) is 30.0 Å². The van der Waals surface area contributed by atoms with Crippen molar-refractivity contribution < 1.29 is 18.7 Å². The number of nitrogens with one attached hydrogen (secondary N) is 1. The molecule has 0 unspecified atom stereocenters. The quantitative estimate of drug-likeness (QED) is 0.669. The van der Waals surface area contributed by atoms with E-state index in [-0.39, 0.29) is 12.7 Å². The molecule has 1 N–H and O–H groups in total. The molecule has 0 saturated carbocycles. The van der Waals surface area contributed by atoms with Crippen LogP contribution in [-0.4, -0.2) is 28.1 Å². The highest BCUT2D eigenvalue weighted by molar-refractivity contribution is 8.00. The zero-order valence-corrected chi connectivity index (χ0v) is 15.6. The Morgan fingerprint density at radius 2 is 1.96 bits per heavy atom. The van der Waals surface area contributed by atoms with E-state index in [1.807, 2.05) is 31.2 Å². The van der Waals surface area contributed by atoms with Crippen molar-refractivity contribution in [2.75, 3.05) is 12.1 Å². The van der Waals surface area contributed by atoms with Crippen LogP contribution in [0.15, 0.2) is 52.1 Å². The SMILES string of the molecule is Cc1ccccc1-c1nnc(S[C@H](C)C(=O)Nc2ccc3c(c2)OCO3)o1. The van der Waals surface area contributed by atoms with E-state index in [9.17, 15) is 4.79 Å². The molecule has 1 aliphatic heterocycles. The number of rotatable bonds is 5. The number of anilines is 1. The molecule has 0 spiro atoms. The van der Waals surface area contributed by atoms with Gasteiger partial charge >= 0.3 is 0 Å². The maximum atomic E-state index is 12.5. The van der Waals surface area contributed by atoms with Crippen LogP contribution in [0.4, 0.5) is 5.69 Å². The molecule has 0 bridgehead atoms. The number of hydrogen-bond acceptors (Lipinski definition) is 7. The van der Waals surface area contributed by atoms with E-state index in [1.54, 1.807) is 25.1 Å². The van der Waals surface area contributed by atoms with E-state index >= 15 is 0 Å². The molecule has 0 radical (unpaired) electrons. The number of amides is 1. The molecule has 2 heterocycles. The highest BCUT2D eigenvalue weighted by Gasteiger charge is 2.20. The van der Waals surface area contributed by atoms with E-state index in [2.05, 4.69) is 15.5 Å². The summed E-state index contributed by atoms with van der Waals surface area (Å²) in [5.41, 5.74) is 2.57. The van der Waals surface area contributed by atoms with Gasteiger partial charge in [-0.3, -0.25) is 4.79 Å². The third-order valence-electron chi connectivity index (χ3n) is 4.07. The zero-order chi connectivity index (χ0) is 18.8. The first-order chi connectivity index (χ1) is 13.1. The van der Waals surface area contributed by atoms with Crippen LogP contribution in [-0.2, 0) is 4.79 Å². The Morgan fingerprint density at radius 3 is 2.81 bits per heavy atom. The second kappa shape index (κ2) is 7.32.